The molecule has 1 atom stereocenters. The number of primary amides is 1. The summed E-state index contributed by atoms with van der Waals surface area (Å²) in [5, 5.41) is 2.20. The van der Waals surface area contributed by atoms with Crippen molar-refractivity contribution >= 4 is 5.91 Å². The van der Waals surface area contributed by atoms with Crippen LogP contribution in [0.5, 0.6) is 0 Å². The molecule has 1 aromatic rings. The Morgan fingerprint density at radius 3 is 2.26 bits per heavy atom. The van der Waals surface area contributed by atoms with E-state index in [1.807, 2.05) is 13.8 Å². The summed E-state index contributed by atoms with van der Waals surface area (Å²) in [6.07, 6.45) is -4.41. The monoisotopic (exact) mass is 274 g/mol. The number of hydrogen-bond donors (Lipinski definition) is 2. The minimum absolute atomic E-state index is 0.423. The van der Waals surface area contributed by atoms with Crippen molar-refractivity contribution in [1.82, 2.24) is 5.32 Å². The van der Waals surface area contributed by atoms with Gasteiger partial charge in [0, 0.05) is 0 Å². The fourth-order valence-corrected chi connectivity index (χ4v) is 1.66. The summed E-state index contributed by atoms with van der Waals surface area (Å²) in [5.74, 6) is -0.847. The van der Waals surface area contributed by atoms with E-state index in [4.69, 9.17) is 5.73 Å². The van der Waals surface area contributed by atoms with E-state index >= 15 is 0 Å². The standard InChI is InChI=1S/C13H17F3N2O/c1-8-4-5-10(6-9(8)2)12(3,11(17)19)18-7-13(14,15)16/h4-6,18H,7H2,1-3H3,(H2,17,19). The fourth-order valence-electron chi connectivity index (χ4n) is 1.66. The van der Waals surface area contributed by atoms with Gasteiger partial charge in [-0.1, -0.05) is 18.2 Å². The predicted molar refractivity (Wildman–Crippen MR) is 66.5 cm³/mol. The zero-order valence-corrected chi connectivity index (χ0v) is 11.1. The first kappa shape index (κ1) is 15.5. The fraction of sp³-hybridized carbons (Fsp3) is 0.462. The lowest BCUT2D eigenvalue weighted by Crippen LogP contribution is -2.53. The minimum atomic E-state index is -4.41. The molecule has 1 rings (SSSR count). The molecule has 1 amide bonds. The van der Waals surface area contributed by atoms with Crippen LogP contribution in [-0.4, -0.2) is 18.6 Å². The highest BCUT2D eigenvalue weighted by Gasteiger charge is 2.37. The van der Waals surface area contributed by atoms with Crippen LogP contribution in [0.25, 0.3) is 0 Å². The van der Waals surface area contributed by atoms with Crippen molar-refractivity contribution in [3.63, 3.8) is 0 Å². The maximum absolute atomic E-state index is 12.3. The van der Waals surface area contributed by atoms with Crippen LogP contribution in [0.15, 0.2) is 18.2 Å². The lowest BCUT2D eigenvalue weighted by atomic mass is 9.89. The van der Waals surface area contributed by atoms with E-state index in [9.17, 15) is 18.0 Å². The molecule has 6 heteroatoms. The van der Waals surface area contributed by atoms with Gasteiger partial charge in [-0.05, 0) is 37.5 Å². The molecule has 106 valence electrons. The molecule has 0 aliphatic carbocycles. The average Bonchev–Trinajstić information content (AvgIpc) is 2.28. The molecule has 0 saturated heterocycles. The maximum Gasteiger partial charge on any atom is 0.401 e. The van der Waals surface area contributed by atoms with Crippen LogP contribution in [0.4, 0.5) is 13.2 Å². The lowest BCUT2D eigenvalue weighted by molar-refractivity contribution is -0.135. The molecule has 0 fully saturated rings. The van der Waals surface area contributed by atoms with E-state index in [0.29, 0.717) is 5.56 Å². The third-order valence-corrected chi connectivity index (χ3v) is 3.22. The molecule has 19 heavy (non-hydrogen) atoms. The van der Waals surface area contributed by atoms with Gasteiger partial charge < -0.3 is 5.73 Å². The van der Waals surface area contributed by atoms with Crippen molar-refractivity contribution in [3.8, 4) is 0 Å². The Balaban J connectivity index is 3.11. The second-order valence-electron chi connectivity index (χ2n) is 4.76. The van der Waals surface area contributed by atoms with Crippen molar-refractivity contribution < 1.29 is 18.0 Å². The molecule has 0 saturated carbocycles. The van der Waals surface area contributed by atoms with Crippen molar-refractivity contribution in [2.75, 3.05) is 6.54 Å². The van der Waals surface area contributed by atoms with Crippen LogP contribution in [0.2, 0.25) is 0 Å². The van der Waals surface area contributed by atoms with Gasteiger partial charge in [-0.3, -0.25) is 10.1 Å². The third kappa shape index (κ3) is 3.70. The number of aryl methyl sites for hydroxylation is 2. The summed E-state index contributed by atoms with van der Waals surface area (Å²) in [7, 11) is 0. The molecule has 0 spiro atoms. The number of carbonyl (C=O) groups excluding carboxylic acids is 1. The zero-order valence-electron chi connectivity index (χ0n) is 11.1. The number of amides is 1. The summed E-state index contributed by atoms with van der Waals surface area (Å²) in [5.41, 5.74) is 6.01. The Kier molecular flexibility index (Phi) is 4.25. The first-order valence-electron chi connectivity index (χ1n) is 5.75. The second-order valence-corrected chi connectivity index (χ2v) is 4.76. The Bertz CT molecular complexity index is 485. The van der Waals surface area contributed by atoms with Crippen LogP contribution in [0.1, 0.15) is 23.6 Å². The molecule has 0 radical (unpaired) electrons. The average molecular weight is 274 g/mol. The lowest BCUT2D eigenvalue weighted by Gasteiger charge is -2.29. The van der Waals surface area contributed by atoms with E-state index in [-0.39, 0.29) is 0 Å². The topological polar surface area (TPSA) is 55.1 Å². The Morgan fingerprint density at radius 1 is 1.26 bits per heavy atom. The number of alkyl halides is 3. The predicted octanol–water partition coefficient (Wildman–Crippen LogP) is 2.16. The zero-order chi connectivity index (χ0) is 14.8. The van der Waals surface area contributed by atoms with E-state index < -0.39 is 24.2 Å². The molecule has 3 N–H and O–H groups in total. The maximum atomic E-state index is 12.3. The third-order valence-electron chi connectivity index (χ3n) is 3.22. The first-order valence-corrected chi connectivity index (χ1v) is 5.75. The van der Waals surface area contributed by atoms with Crippen molar-refractivity contribution in [1.29, 1.82) is 0 Å². The molecule has 0 aliphatic rings. The van der Waals surface area contributed by atoms with Gasteiger partial charge in [0.1, 0.15) is 5.54 Å². The van der Waals surface area contributed by atoms with E-state index in [2.05, 4.69) is 5.32 Å². The summed E-state index contributed by atoms with van der Waals surface area (Å²) < 4.78 is 36.9. The molecular weight excluding hydrogens is 257 g/mol. The van der Waals surface area contributed by atoms with Crippen LogP contribution in [0, 0.1) is 13.8 Å². The van der Waals surface area contributed by atoms with Gasteiger partial charge in [-0.2, -0.15) is 13.2 Å². The van der Waals surface area contributed by atoms with Gasteiger partial charge in [0.05, 0.1) is 6.54 Å². The molecule has 1 unspecified atom stereocenters. The normalized spacial score (nSPS) is 15.1. The molecule has 0 bridgehead atoms. The molecule has 0 aromatic heterocycles. The summed E-state index contributed by atoms with van der Waals surface area (Å²) >= 11 is 0. The largest absolute Gasteiger partial charge is 0.401 e. The van der Waals surface area contributed by atoms with E-state index in [0.717, 1.165) is 11.1 Å². The van der Waals surface area contributed by atoms with Crippen molar-refractivity contribution in [2.24, 2.45) is 5.73 Å². The number of nitrogens with one attached hydrogen (secondary N) is 1. The van der Waals surface area contributed by atoms with Crippen molar-refractivity contribution in [3.05, 3.63) is 34.9 Å². The molecular formula is C13H17F3N2O. The smallest absolute Gasteiger partial charge is 0.368 e. The molecule has 1 aromatic carbocycles. The van der Waals surface area contributed by atoms with Gasteiger partial charge in [0.2, 0.25) is 5.91 Å². The highest BCUT2D eigenvalue weighted by molar-refractivity contribution is 5.85. The van der Waals surface area contributed by atoms with Gasteiger partial charge in [0.25, 0.3) is 0 Å². The van der Waals surface area contributed by atoms with E-state index in [1.165, 1.54) is 6.92 Å². The number of rotatable bonds is 4. The Hall–Kier alpha value is -1.56. The van der Waals surface area contributed by atoms with Crippen molar-refractivity contribution in [2.45, 2.75) is 32.5 Å². The minimum Gasteiger partial charge on any atom is -0.368 e. The summed E-state index contributed by atoms with van der Waals surface area (Å²) in [4.78, 5) is 11.5. The quantitative estimate of drug-likeness (QED) is 0.884. The number of hydrogen-bond acceptors (Lipinski definition) is 2. The van der Waals surface area contributed by atoms with Gasteiger partial charge in [-0.15, -0.1) is 0 Å². The van der Waals surface area contributed by atoms with Gasteiger partial charge in [-0.25, -0.2) is 0 Å². The van der Waals surface area contributed by atoms with Gasteiger partial charge in [0.15, 0.2) is 0 Å². The van der Waals surface area contributed by atoms with Crippen LogP contribution >= 0.6 is 0 Å². The highest BCUT2D eigenvalue weighted by Crippen LogP contribution is 2.24. The van der Waals surface area contributed by atoms with Crippen LogP contribution < -0.4 is 11.1 Å². The number of halogens is 3. The Labute approximate surface area is 110 Å². The Morgan fingerprint density at radius 2 is 1.84 bits per heavy atom. The number of nitrogens with two attached hydrogens (primary N) is 1. The number of benzene rings is 1. The van der Waals surface area contributed by atoms with Crippen LogP contribution in [-0.2, 0) is 10.3 Å². The van der Waals surface area contributed by atoms with Gasteiger partial charge >= 0.3 is 6.18 Å². The highest BCUT2D eigenvalue weighted by atomic mass is 19.4. The second kappa shape index (κ2) is 5.21. The number of carbonyl (C=O) groups is 1. The first-order chi connectivity index (χ1) is 8.56. The molecule has 3 nitrogen and oxygen atoms in total. The molecule has 0 heterocycles. The summed E-state index contributed by atoms with van der Waals surface area (Å²) in [6.45, 7) is 3.78. The SMILES string of the molecule is Cc1ccc(C(C)(NCC(F)(F)F)C(N)=O)cc1C. The molecule has 0 aliphatic heterocycles. The van der Waals surface area contributed by atoms with Crippen LogP contribution in [0.3, 0.4) is 0 Å². The summed E-state index contributed by atoms with van der Waals surface area (Å²) in [6, 6.07) is 5.03. The van der Waals surface area contributed by atoms with E-state index in [1.54, 1.807) is 18.2 Å².